The summed E-state index contributed by atoms with van der Waals surface area (Å²) in [6.07, 6.45) is 4.61. The van der Waals surface area contributed by atoms with Gasteiger partial charge in [0, 0.05) is 17.6 Å². The van der Waals surface area contributed by atoms with E-state index in [1.807, 2.05) is 31.2 Å². The van der Waals surface area contributed by atoms with Crippen LogP contribution in [0.25, 0.3) is 5.69 Å². The maximum absolute atomic E-state index is 12.6. The van der Waals surface area contributed by atoms with Crippen molar-refractivity contribution in [2.75, 3.05) is 6.54 Å². The first-order chi connectivity index (χ1) is 11.1. The summed E-state index contributed by atoms with van der Waals surface area (Å²) in [5.41, 5.74) is 8.10. The van der Waals surface area contributed by atoms with Crippen LogP contribution >= 0.6 is 24.0 Å². The summed E-state index contributed by atoms with van der Waals surface area (Å²) >= 11 is 6.05. The van der Waals surface area contributed by atoms with Crippen LogP contribution in [0.5, 0.6) is 0 Å². The van der Waals surface area contributed by atoms with E-state index in [0.717, 1.165) is 24.2 Å². The molecule has 1 heterocycles. The highest BCUT2D eigenvalue weighted by molar-refractivity contribution is 6.30. The number of nitrogens with one attached hydrogen (secondary N) is 1. The van der Waals surface area contributed by atoms with Crippen molar-refractivity contribution in [3.63, 3.8) is 0 Å². The smallest absolute Gasteiger partial charge is 0.255 e. The van der Waals surface area contributed by atoms with Gasteiger partial charge in [0.25, 0.3) is 5.91 Å². The first-order valence-corrected chi connectivity index (χ1v) is 8.35. The molecule has 1 amide bonds. The minimum absolute atomic E-state index is 0. The zero-order valence-electron chi connectivity index (χ0n) is 13.5. The molecule has 1 unspecified atom stereocenters. The molecule has 0 bridgehead atoms. The molecule has 3 rings (SSSR count). The Balaban J connectivity index is 0.00000208. The highest BCUT2D eigenvalue weighted by atomic mass is 35.5. The number of nitrogens with two attached hydrogens (primary N) is 1. The number of nitrogens with zero attached hydrogens (tertiary/aromatic N) is 2. The molecule has 0 spiro atoms. The SMILES string of the molecule is CCc1c(C(=O)NC(CN)C2CC2)cnn1-c1cccc(Cl)c1.Cl. The molecule has 2 aromatic rings. The topological polar surface area (TPSA) is 72.9 Å². The molecular formula is C17H22Cl2N4O. The molecule has 1 saturated carbocycles. The van der Waals surface area contributed by atoms with Gasteiger partial charge >= 0.3 is 0 Å². The molecule has 1 atom stereocenters. The number of rotatable bonds is 6. The summed E-state index contributed by atoms with van der Waals surface area (Å²) in [5.74, 6) is 0.425. The van der Waals surface area contributed by atoms with Crippen LogP contribution in [-0.2, 0) is 6.42 Å². The summed E-state index contributed by atoms with van der Waals surface area (Å²) < 4.78 is 1.77. The van der Waals surface area contributed by atoms with Crippen molar-refractivity contribution in [3.05, 3.63) is 46.7 Å². The summed E-state index contributed by atoms with van der Waals surface area (Å²) in [5, 5.41) is 8.07. The van der Waals surface area contributed by atoms with Gasteiger partial charge in [0.1, 0.15) is 0 Å². The van der Waals surface area contributed by atoms with E-state index < -0.39 is 0 Å². The van der Waals surface area contributed by atoms with E-state index in [1.54, 1.807) is 10.9 Å². The molecule has 1 aliphatic carbocycles. The van der Waals surface area contributed by atoms with Crippen LogP contribution in [0.3, 0.4) is 0 Å². The number of benzene rings is 1. The molecule has 1 aromatic heterocycles. The fourth-order valence-electron chi connectivity index (χ4n) is 2.85. The normalized spacial score (nSPS) is 14.8. The highest BCUT2D eigenvalue weighted by Crippen LogP contribution is 2.32. The van der Waals surface area contributed by atoms with Crippen LogP contribution < -0.4 is 11.1 Å². The van der Waals surface area contributed by atoms with Crippen LogP contribution in [-0.4, -0.2) is 28.3 Å². The quantitative estimate of drug-likeness (QED) is 0.822. The Hall–Kier alpha value is -1.56. The van der Waals surface area contributed by atoms with E-state index in [-0.39, 0.29) is 24.4 Å². The first-order valence-electron chi connectivity index (χ1n) is 7.97. The van der Waals surface area contributed by atoms with Gasteiger partial charge in [-0.05, 0) is 43.4 Å². The van der Waals surface area contributed by atoms with E-state index in [9.17, 15) is 4.79 Å². The van der Waals surface area contributed by atoms with Crippen molar-refractivity contribution >= 4 is 29.9 Å². The lowest BCUT2D eigenvalue weighted by Gasteiger charge is -2.16. The van der Waals surface area contributed by atoms with Crippen LogP contribution in [0.2, 0.25) is 5.02 Å². The van der Waals surface area contributed by atoms with Gasteiger partial charge < -0.3 is 11.1 Å². The summed E-state index contributed by atoms with van der Waals surface area (Å²) in [4.78, 5) is 12.6. The number of halogens is 2. The van der Waals surface area contributed by atoms with Gasteiger partial charge in [-0.15, -0.1) is 12.4 Å². The van der Waals surface area contributed by atoms with Crippen molar-refractivity contribution in [2.24, 2.45) is 11.7 Å². The van der Waals surface area contributed by atoms with Crippen molar-refractivity contribution in [3.8, 4) is 5.69 Å². The van der Waals surface area contributed by atoms with E-state index in [1.165, 1.54) is 0 Å². The van der Waals surface area contributed by atoms with E-state index >= 15 is 0 Å². The molecule has 0 radical (unpaired) electrons. The second-order valence-corrected chi connectivity index (χ2v) is 6.34. The van der Waals surface area contributed by atoms with Gasteiger partial charge in [-0.2, -0.15) is 5.10 Å². The highest BCUT2D eigenvalue weighted by Gasteiger charge is 2.32. The van der Waals surface area contributed by atoms with Crippen molar-refractivity contribution < 1.29 is 4.79 Å². The predicted octanol–water partition coefficient (Wildman–Crippen LogP) is 2.98. The third kappa shape index (κ3) is 3.91. The van der Waals surface area contributed by atoms with Gasteiger partial charge in [0.05, 0.1) is 23.1 Å². The Bertz CT molecular complexity index is 712. The van der Waals surface area contributed by atoms with Gasteiger partial charge in [-0.3, -0.25) is 4.79 Å². The Labute approximate surface area is 153 Å². The molecule has 1 aliphatic rings. The van der Waals surface area contributed by atoms with Crippen molar-refractivity contribution in [1.82, 2.24) is 15.1 Å². The molecule has 5 nitrogen and oxygen atoms in total. The number of carbonyl (C=O) groups excluding carboxylic acids is 1. The number of carbonyl (C=O) groups is 1. The average Bonchev–Trinajstić information content (AvgIpc) is 3.30. The van der Waals surface area contributed by atoms with Gasteiger partial charge in [0.2, 0.25) is 0 Å². The molecule has 1 fully saturated rings. The second kappa shape index (κ2) is 8.01. The maximum Gasteiger partial charge on any atom is 0.255 e. The van der Waals surface area contributed by atoms with Crippen LogP contribution in [0.15, 0.2) is 30.5 Å². The monoisotopic (exact) mass is 368 g/mol. The average molecular weight is 369 g/mol. The minimum atomic E-state index is -0.0996. The first kappa shape index (κ1) is 18.8. The summed E-state index contributed by atoms with van der Waals surface area (Å²) in [6, 6.07) is 7.50. The largest absolute Gasteiger partial charge is 0.348 e. The van der Waals surface area contributed by atoms with Crippen LogP contribution in [0.1, 0.15) is 35.8 Å². The fourth-order valence-corrected chi connectivity index (χ4v) is 3.03. The van der Waals surface area contributed by atoms with Crippen molar-refractivity contribution in [1.29, 1.82) is 0 Å². The second-order valence-electron chi connectivity index (χ2n) is 5.90. The molecule has 7 heteroatoms. The third-order valence-corrected chi connectivity index (χ3v) is 4.50. The van der Waals surface area contributed by atoms with E-state index in [4.69, 9.17) is 17.3 Å². The lowest BCUT2D eigenvalue weighted by molar-refractivity contribution is 0.0932. The molecule has 0 aliphatic heterocycles. The zero-order valence-corrected chi connectivity index (χ0v) is 15.1. The minimum Gasteiger partial charge on any atom is -0.348 e. The molecule has 3 N–H and O–H groups in total. The van der Waals surface area contributed by atoms with Gasteiger partial charge in [0.15, 0.2) is 0 Å². The van der Waals surface area contributed by atoms with Gasteiger partial charge in [-0.25, -0.2) is 4.68 Å². The lowest BCUT2D eigenvalue weighted by atomic mass is 10.1. The van der Waals surface area contributed by atoms with E-state index in [2.05, 4.69) is 10.4 Å². The Morgan fingerprint density at radius 2 is 2.25 bits per heavy atom. The lowest BCUT2D eigenvalue weighted by Crippen LogP contribution is -2.41. The third-order valence-electron chi connectivity index (χ3n) is 4.26. The standard InChI is InChI=1S/C17H21ClN4O.ClH/c1-2-16-14(17(23)21-15(9-19)11-6-7-11)10-20-22(16)13-5-3-4-12(18)8-13;/h3-5,8,10-11,15H,2,6-7,9,19H2,1H3,(H,21,23);1H. The fraction of sp³-hybridized carbons (Fsp3) is 0.412. The van der Waals surface area contributed by atoms with Crippen molar-refractivity contribution in [2.45, 2.75) is 32.2 Å². The number of hydrogen-bond donors (Lipinski definition) is 2. The zero-order chi connectivity index (χ0) is 16.4. The van der Waals surface area contributed by atoms with Gasteiger partial charge in [-0.1, -0.05) is 24.6 Å². The predicted molar refractivity (Wildman–Crippen MR) is 98.2 cm³/mol. The molecular weight excluding hydrogens is 347 g/mol. The molecule has 1 aromatic carbocycles. The molecule has 24 heavy (non-hydrogen) atoms. The molecule has 0 saturated heterocycles. The Kier molecular flexibility index (Phi) is 6.27. The van der Waals surface area contributed by atoms with Crippen LogP contribution in [0, 0.1) is 5.92 Å². The van der Waals surface area contributed by atoms with E-state index in [0.29, 0.717) is 29.5 Å². The Morgan fingerprint density at radius 3 is 2.83 bits per heavy atom. The maximum atomic E-state index is 12.6. The molecule has 130 valence electrons. The number of amides is 1. The number of hydrogen-bond acceptors (Lipinski definition) is 3. The summed E-state index contributed by atoms with van der Waals surface area (Å²) in [7, 11) is 0. The number of aromatic nitrogens is 2. The Morgan fingerprint density at radius 1 is 1.50 bits per heavy atom. The summed E-state index contributed by atoms with van der Waals surface area (Å²) in [6.45, 7) is 2.48. The van der Waals surface area contributed by atoms with Crippen LogP contribution in [0.4, 0.5) is 0 Å².